The summed E-state index contributed by atoms with van der Waals surface area (Å²) >= 11 is 0. The van der Waals surface area contributed by atoms with Gasteiger partial charge < -0.3 is 15.2 Å². The second kappa shape index (κ2) is 7.03. The van der Waals surface area contributed by atoms with Crippen molar-refractivity contribution in [3.05, 3.63) is 34.7 Å². The van der Waals surface area contributed by atoms with Gasteiger partial charge in [0.05, 0.1) is 11.0 Å². The fraction of sp³-hybridized carbons (Fsp3) is 0.600. The second-order valence-electron chi connectivity index (χ2n) is 8.04. The molecule has 2 amide bonds. The van der Waals surface area contributed by atoms with Crippen LogP contribution in [0, 0.1) is 0 Å². The molecule has 0 aliphatic carbocycles. The van der Waals surface area contributed by atoms with Gasteiger partial charge in [0.25, 0.3) is 0 Å². The van der Waals surface area contributed by atoms with Crippen LogP contribution in [0.4, 0.5) is 4.79 Å². The Labute approximate surface area is 159 Å². The number of nitrogens with zero attached hydrogens (tertiary/aromatic N) is 3. The van der Waals surface area contributed by atoms with Gasteiger partial charge in [-0.1, -0.05) is 12.1 Å². The quantitative estimate of drug-likeness (QED) is 0.868. The molecule has 2 aliphatic rings. The van der Waals surface area contributed by atoms with Crippen LogP contribution in [-0.2, 0) is 0 Å². The normalized spacial score (nSPS) is 24.6. The molecule has 0 spiro atoms. The largest absolute Gasteiger partial charge is 0.338 e. The molecule has 2 fully saturated rings. The van der Waals surface area contributed by atoms with Gasteiger partial charge in [-0.15, -0.1) is 0 Å². The van der Waals surface area contributed by atoms with Crippen molar-refractivity contribution in [1.82, 2.24) is 24.7 Å². The van der Waals surface area contributed by atoms with Crippen molar-refractivity contribution < 1.29 is 4.79 Å². The molecule has 2 aromatic rings. The minimum absolute atomic E-state index is 0.0101. The van der Waals surface area contributed by atoms with Crippen molar-refractivity contribution in [2.45, 2.75) is 44.7 Å². The van der Waals surface area contributed by atoms with E-state index in [1.54, 1.807) is 0 Å². The summed E-state index contributed by atoms with van der Waals surface area (Å²) < 4.78 is 1.94. The van der Waals surface area contributed by atoms with Gasteiger partial charge in [-0.2, -0.15) is 0 Å². The Balaban J connectivity index is 1.44. The van der Waals surface area contributed by atoms with Crippen molar-refractivity contribution in [3.8, 4) is 0 Å². The first-order chi connectivity index (χ1) is 13.0. The number of nitrogens with one attached hydrogen (secondary N) is 2. The number of benzene rings is 1. The summed E-state index contributed by atoms with van der Waals surface area (Å²) in [5, 5.41) is 2.90. The van der Waals surface area contributed by atoms with Gasteiger partial charge in [-0.05, 0) is 45.2 Å². The molecule has 146 valence electrons. The van der Waals surface area contributed by atoms with Crippen LogP contribution in [0.15, 0.2) is 29.1 Å². The third-order valence-corrected chi connectivity index (χ3v) is 6.28. The van der Waals surface area contributed by atoms with Gasteiger partial charge in [-0.3, -0.25) is 9.47 Å². The first-order valence-corrected chi connectivity index (χ1v) is 9.99. The van der Waals surface area contributed by atoms with Gasteiger partial charge in [-0.25, -0.2) is 9.59 Å². The molecule has 2 N–H and O–H groups in total. The predicted molar refractivity (Wildman–Crippen MR) is 106 cm³/mol. The van der Waals surface area contributed by atoms with Crippen LogP contribution >= 0.6 is 0 Å². The summed E-state index contributed by atoms with van der Waals surface area (Å²) in [4.78, 5) is 32.0. The molecule has 7 heteroatoms. The molecule has 0 bridgehead atoms. The fourth-order valence-electron chi connectivity index (χ4n) is 4.74. The number of H-pyrrole nitrogens is 1. The first kappa shape index (κ1) is 18.1. The average molecular weight is 371 g/mol. The number of fused-ring (bicyclic) bond motifs is 1. The molecule has 27 heavy (non-hydrogen) atoms. The highest BCUT2D eigenvalue weighted by Gasteiger charge is 2.42. The molecule has 2 saturated heterocycles. The summed E-state index contributed by atoms with van der Waals surface area (Å²) in [6.07, 6.45) is 2.92. The van der Waals surface area contributed by atoms with Crippen molar-refractivity contribution in [2.75, 3.05) is 32.7 Å². The molecule has 0 radical (unpaired) electrons. The molecule has 1 aromatic heterocycles. The van der Waals surface area contributed by atoms with Crippen molar-refractivity contribution in [3.63, 3.8) is 0 Å². The lowest BCUT2D eigenvalue weighted by atomic mass is 9.94. The van der Waals surface area contributed by atoms with Crippen LogP contribution in [0.25, 0.3) is 11.0 Å². The van der Waals surface area contributed by atoms with E-state index >= 15 is 0 Å². The topological polar surface area (TPSA) is 73.4 Å². The Kier molecular flexibility index (Phi) is 4.72. The number of rotatable bonds is 3. The Morgan fingerprint density at radius 1 is 1.26 bits per heavy atom. The molecule has 0 saturated carbocycles. The number of amides is 2. The van der Waals surface area contributed by atoms with Crippen LogP contribution in [0.5, 0.6) is 0 Å². The Hall–Kier alpha value is -2.28. The average Bonchev–Trinajstić information content (AvgIpc) is 3.23. The third kappa shape index (κ3) is 3.25. The maximum Gasteiger partial charge on any atom is 0.326 e. The van der Waals surface area contributed by atoms with Gasteiger partial charge in [0.2, 0.25) is 0 Å². The lowest BCUT2D eigenvalue weighted by molar-refractivity contribution is 0.0713. The zero-order valence-electron chi connectivity index (χ0n) is 16.2. The molecule has 1 unspecified atom stereocenters. The number of para-hydroxylation sites is 2. The summed E-state index contributed by atoms with van der Waals surface area (Å²) in [6, 6.07) is 8.18. The molecule has 4 rings (SSSR count). The van der Waals surface area contributed by atoms with Crippen molar-refractivity contribution in [2.24, 2.45) is 0 Å². The highest BCUT2D eigenvalue weighted by atomic mass is 16.2. The number of urea groups is 1. The summed E-state index contributed by atoms with van der Waals surface area (Å²) in [7, 11) is 0. The number of hydrogen-bond donors (Lipinski definition) is 2. The number of imidazole rings is 1. The minimum Gasteiger partial charge on any atom is -0.338 e. The highest BCUT2D eigenvalue weighted by molar-refractivity contribution is 5.75. The van der Waals surface area contributed by atoms with Crippen LogP contribution in [0.3, 0.4) is 0 Å². The number of aromatic amines is 1. The van der Waals surface area contributed by atoms with E-state index in [1.807, 2.05) is 40.7 Å². The van der Waals surface area contributed by atoms with E-state index in [9.17, 15) is 9.59 Å². The van der Waals surface area contributed by atoms with E-state index in [0.717, 1.165) is 56.5 Å². The first-order valence-electron chi connectivity index (χ1n) is 9.99. The summed E-state index contributed by atoms with van der Waals surface area (Å²) in [5.74, 6) is 0. The number of likely N-dealkylation sites (tertiary alicyclic amines) is 2. The zero-order valence-corrected chi connectivity index (χ0v) is 16.2. The maximum atomic E-state index is 12.5. The van der Waals surface area contributed by atoms with Gasteiger partial charge in [0, 0.05) is 44.3 Å². The smallest absolute Gasteiger partial charge is 0.326 e. The van der Waals surface area contributed by atoms with Crippen LogP contribution in [0.2, 0.25) is 0 Å². The van der Waals surface area contributed by atoms with Crippen LogP contribution < -0.4 is 11.0 Å². The minimum atomic E-state index is -0.0101. The van der Waals surface area contributed by atoms with E-state index in [1.165, 1.54) is 0 Å². The Morgan fingerprint density at radius 3 is 2.74 bits per heavy atom. The van der Waals surface area contributed by atoms with Crippen LogP contribution in [0.1, 0.15) is 39.2 Å². The highest BCUT2D eigenvalue weighted by Crippen LogP contribution is 2.33. The lowest BCUT2D eigenvalue weighted by Gasteiger charge is -2.43. The maximum absolute atomic E-state index is 12.5. The Bertz CT molecular complexity index is 880. The Morgan fingerprint density at radius 2 is 2.00 bits per heavy atom. The SMILES string of the molecule is CCNC(=O)N1CCC(C)(N2CCC(n3c(=O)[nH]c4ccccc43)CC2)C1. The second-order valence-corrected chi connectivity index (χ2v) is 8.04. The lowest BCUT2D eigenvalue weighted by Crippen LogP contribution is -2.53. The molecular weight excluding hydrogens is 342 g/mol. The van der Waals surface area contributed by atoms with E-state index < -0.39 is 0 Å². The molecule has 2 aliphatic heterocycles. The third-order valence-electron chi connectivity index (χ3n) is 6.28. The summed E-state index contributed by atoms with van der Waals surface area (Å²) in [5.41, 5.74) is 1.92. The van der Waals surface area contributed by atoms with E-state index in [2.05, 4.69) is 22.1 Å². The monoisotopic (exact) mass is 371 g/mol. The number of piperidine rings is 1. The molecule has 7 nitrogen and oxygen atoms in total. The van der Waals surface area contributed by atoms with Gasteiger partial charge in [0.1, 0.15) is 0 Å². The van der Waals surface area contributed by atoms with Gasteiger partial charge in [0.15, 0.2) is 0 Å². The number of carbonyl (C=O) groups excluding carboxylic acids is 1. The molecule has 1 atom stereocenters. The van der Waals surface area contributed by atoms with Crippen molar-refractivity contribution >= 4 is 17.1 Å². The fourth-order valence-corrected chi connectivity index (χ4v) is 4.74. The van der Waals surface area contributed by atoms with Gasteiger partial charge >= 0.3 is 11.7 Å². The number of carbonyl (C=O) groups is 1. The predicted octanol–water partition coefficient (Wildman–Crippen LogP) is 2.16. The number of hydrogen-bond acceptors (Lipinski definition) is 3. The molecule has 1 aromatic carbocycles. The van der Waals surface area contributed by atoms with Crippen molar-refractivity contribution in [1.29, 1.82) is 0 Å². The summed E-state index contributed by atoms with van der Waals surface area (Å²) in [6.45, 7) is 8.37. The standard InChI is InChI=1S/C20H29N5O2/c1-3-21-18(26)23-13-10-20(2,14-23)24-11-8-15(9-12-24)25-17-7-5-4-6-16(17)22-19(25)27/h4-7,15H,3,8-14H2,1-2H3,(H,21,26)(H,22,27). The van der Waals surface area contributed by atoms with E-state index in [4.69, 9.17) is 0 Å². The molecule has 3 heterocycles. The number of aromatic nitrogens is 2. The molecular formula is C20H29N5O2. The van der Waals surface area contributed by atoms with Crippen LogP contribution in [-0.4, -0.2) is 63.6 Å². The van der Waals surface area contributed by atoms with E-state index in [0.29, 0.717) is 6.54 Å². The van der Waals surface area contributed by atoms with E-state index in [-0.39, 0.29) is 23.3 Å². The zero-order chi connectivity index (χ0) is 19.0.